The lowest BCUT2D eigenvalue weighted by Gasteiger charge is -2.04. The van der Waals surface area contributed by atoms with Gasteiger partial charge in [0.05, 0.1) is 0 Å². The van der Waals surface area contributed by atoms with Crippen molar-refractivity contribution in [3.8, 4) is 0 Å². The molecule has 0 radical (unpaired) electrons. The van der Waals surface area contributed by atoms with E-state index in [1.54, 1.807) is 18.2 Å². The molecule has 64 valence electrons. The molecule has 1 rings (SSSR count). The van der Waals surface area contributed by atoms with Gasteiger partial charge in [0.1, 0.15) is 0 Å². The molecule has 0 saturated carbocycles. The van der Waals surface area contributed by atoms with Crippen molar-refractivity contribution in [1.82, 2.24) is 0 Å². The highest BCUT2D eigenvalue weighted by atomic mass is 16.1. The third kappa shape index (κ3) is 2.16. The van der Waals surface area contributed by atoms with Crippen molar-refractivity contribution in [2.75, 3.05) is 16.8 Å². The van der Waals surface area contributed by atoms with Gasteiger partial charge < -0.3 is 16.8 Å². The van der Waals surface area contributed by atoms with Gasteiger partial charge in [0.2, 0.25) is 5.91 Å². The fourth-order valence-electron chi connectivity index (χ4n) is 0.952. The molecule has 1 amide bonds. The lowest BCUT2D eigenvalue weighted by molar-refractivity contribution is -0.114. The zero-order chi connectivity index (χ0) is 9.14. The van der Waals surface area contributed by atoms with E-state index in [1.807, 2.05) is 0 Å². The number of hydrogen-bond acceptors (Lipinski definition) is 3. The first-order valence-corrected chi connectivity index (χ1v) is 3.51. The number of benzene rings is 1. The van der Waals surface area contributed by atoms with Crippen LogP contribution in [0.3, 0.4) is 0 Å². The summed E-state index contributed by atoms with van der Waals surface area (Å²) in [6.07, 6.45) is 0. The van der Waals surface area contributed by atoms with Gasteiger partial charge in [-0.2, -0.15) is 0 Å². The predicted molar refractivity (Wildman–Crippen MR) is 49.6 cm³/mol. The monoisotopic (exact) mass is 165 g/mol. The first-order chi connectivity index (χ1) is 5.58. The molecule has 0 spiro atoms. The van der Waals surface area contributed by atoms with Crippen molar-refractivity contribution in [2.24, 2.45) is 0 Å². The van der Waals surface area contributed by atoms with Gasteiger partial charge in [-0.3, -0.25) is 4.79 Å². The van der Waals surface area contributed by atoms with Crippen LogP contribution in [-0.2, 0) is 4.79 Å². The summed E-state index contributed by atoms with van der Waals surface area (Å²) in [5.74, 6) is -0.139. The number of nitrogens with one attached hydrogen (secondary N) is 1. The van der Waals surface area contributed by atoms with E-state index in [1.165, 1.54) is 6.92 Å². The minimum atomic E-state index is -0.139. The van der Waals surface area contributed by atoms with Crippen molar-refractivity contribution in [3.05, 3.63) is 18.2 Å². The smallest absolute Gasteiger partial charge is 0.221 e. The molecule has 5 N–H and O–H groups in total. The predicted octanol–water partition coefficient (Wildman–Crippen LogP) is 0.809. The molecule has 1 aromatic rings. The van der Waals surface area contributed by atoms with Crippen molar-refractivity contribution in [2.45, 2.75) is 6.92 Å². The maximum Gasteiger partial charge on any atom is 0.221 e. The average Bonchev–Trinajstić information content (AvgIpc) is 1.81. The van der Waals surface area contributed by atoms with Gasteiger partial charge in [-0.15, -0.1) is 0 Å². The minimum Gasteiger partial charge on any atom is -0.399 e. The van der Waals surface area contributed by atoms with Gasteiger partial charge in [0, 0.05) is 24.0 Å². The van der Waals surface area contributed by atoms with Gasteiger partial charge in [0.25, 0.3) is 0 Å². The summed E-state index contributed by atoms with van der Waals surface area (Å²) in [5, 5.41) is 2.59. The zero-order valence-electron chi connectivity index (χ0n) is 6.79. The summed E-state index contributed by atoms with van der Waals surface area (Å²) in [5.41, 5.74) is 12.7. The lowest BCUT2D eigenvalue weighted by Crippen LogP contribution is -2.06. The van der Waals surface area contributed by atoms with Gasteiger partial charge in [-0.05, 0) is 18.2 Å². The molecule has 12 heavy (non-hydrogen) atoms. The Bertz CT molecular complexity index is 289. The van der Waals surface area contributed by atoms with Crippen LogP contribution in [0.2, 0.25) is 0 Å². The quantitative estimate of drug-likeness (QED) is 0.538. The Morgan fingerprint density at radius 3 is 2.17 bits per heavy atom. The summed E-state index contributed by atoms with van der Waals surface area (Å²) < 4.78 is 0. The van der Waals surface area contributed by atoms with E-state index in [-0.39, 0.29) is 5.91 Å². The van der Waals surface area contributed by atoms with Crippen LogP contribution in [0.15, 0.2) is 18.2 Å². The number of nitrogens with two attached hydrogens (primary N) is 2. The van der Waals surface area contributed by atoms with Gasteiger partial charge in [-0.25, -0.2) is 0 Å². The van der Waals surface area contributed by atoms with Crippen LogP contribution < -0.4 is 16.8 Å². The Labute approximate surface area is 70.6 Å². The van der Waals surface area contributed by atoms with Crippen LogP contribution in [0.1, 0.15) is 6.92 Å². The topological polar surface area (TPSA) is 81.1 Å². The molecule has 0 aliphatic heterocycles. The average molecular weight is 165 g/mol. The fourth-order valence-corrected chi connectivity index (χ4v) is 0.952. The van der Waals surface area contributed by atoms with Crippen LogP contribution in [0.5, 0.6) is 0 Å². The van der Waals surface area contributed by atoms with Crippen LogP contribution in [0, 0.1) is 0 Å². The van der Waals surface area contributed by atoms with E-state index in [0.717, 1.165) is 0 Å². The highest BCUT2D eigenvalue weighted by molar-refractivity contribution is 5.89. The summed E-state index contributed by atoms with van der Waals surface area (Å²) in [4.78, 5) is 10.6. The first kappa shape index (κ1) is 8.39. The number of anilines is 3. The molecule has 4 nitrogen and oxygen atoms in total. The van der Waals surface area contributed by atoms with Crippen LogP contribution in [0.4, 0.5) is 17.1 Å². The Kier molecular flexibility index (Phi) is 2.19. The third-order valence-electron chi connectivity index (χ3n) is 1.30. The van der Waals surface area contributed by atoms with Gasteiger partial charge in [-0.1, -0.05) is 0 Å². The van der Waals surface area contributed by atoms with Crippen molar-refractivity contribution >= 4 is 23.0 Å². The molecule has 0 bridgehead atoms. The van der Waals surface area contributed by atoms with Crippen molar-refractivity contribution in [3.63, 3.8) is 0 Å². The van der Waals surface area contributed by atoms with Crippen molar-refractivity contribution in [1.29, 1.82) is 0 Å². The molecule has 0 saturated heterocycles. The Morgan fingerprint density at radius 2 is 1.75 bits per heavy atom. The largest absolute Gasteiger partial charge is 0.399 e. The number of nitrogen functional groups attached to an aromatic ring is 2. The second kappa shape index (κ2) is 3.13. The van der Waals surface area contributed by atoms with E-state index >= 15 is 0 Å². The molecule has 4 heteroatoms. The molecule has 0 aliphatic carbocycles. The van der Waals surface area contributed by atoms with Gasteiger partial charge >= 0.3 is 0 Å². The number of carbonyl (C=O) groups excluding carboxylic acids is 1. The van der Waals surface area contributed by atoms with Gasteiger partial charge in [0.15, 0.2) is 0 Å². The highest BCUT2D eigenvalue weighted by Crippen LogP contribution is 2.17. The standard InChI is InChI=1S/C8H11N3O/c1-5(12)11-8-3-6(9)2-7(10)4-8/h2-4H,9-10H2,1H3,(H,11,12). The molecular weight excluding hydrogens is 154 g/mol. The molecule has 0 fully saturated rings. The summed E-state index contributed by atoms with van der Waals surface area (Å²) >= 11 is 0. The van der Waals surface area contributed by atoms with Crippen LogP contribution in [0.25, 0.3) is 0 Å². The lowest BCUT2D eigenvalue weighted by atomic mass is 10.2. The summed E-state index contributed by atoms with van der Waals surface area (Å²) in [6.45, 7) is 1.43. The van der Waals surface area contributed by atoms with E-state index in [0.29, 0.717) is 17.1 Å². The Balaban J connectivity index is 2.93. The normalized spacial score (nSPS) is 9.42. The second-order valence-electron chi connectivity index (χ2n) is 2.57. The summed E-state index contributed by atoms with van der Waals surface area (Å²) in [7, 11) is 0. The fraction of sp³-hybridized carbons (Fsp3) is 0.125. The van der Waals surface area contributed by atoms with Crippen LogP contribution >= 0.6 is 0 Å². The molecular formula is C8H11N3O. The molecule has 0 unspecified atom stereocenters. The molecule has 0 heterocycles. The maximum absolute atomic E-state index is 10.6. The SMILES string of the molecule is CC(=O)Nc1cc(N)cc(N)c1. The van der Waals surface area contributed by atoms with E-state index in [9.17, 15) is 4.79 Å². The number of hydrogen-bond donors (Lipinski definition) is 3. The maximum atomic E-state index is 10.6. The molecule has 0 atom stereocenters. The second-order valence-corrected chi connectivity index (χ2v) is 2.57. The molecule has 0 aliphatic rings. The Hall–Kier alpha value is -1.71. The number of carbonyl (C=O) groups is 1. The van der Waals surface area contributed by atoms with Crippen molar-refractivity contribution < 1.29 is 4.79 Å². The first-order valence-electron chi connectivity index (χ1n) is 3.51. The molecule has 0 aromatic heterocycles. The number of rotatable bonds is 1. The highest BCUT2D eigenvalue weighted by Gasteiger charge is 1.97. The third-order valence-corrected chi connectivity index (χ3v) is 1.30. The number of amides is 1. The van der Waals surface area contributed by atoms with Crippen LogP contribution in [-0.4, -0.2) is 5.91 Å². The summed E-state index contributed by atoms with van der Waals surface area (Å²) in [6, 6.07) is 4.93. The Morgan fingerprint density at radius 1 is 1.25 bits per heavy atom. The zero-order valence-corrected chi connectivity index (χ0v) is 6.79. The minimum absolute atomic E-state index is 0.139. The van der Waals surface area contributed by atoms with E-state index in [2.05, 4.69) is 5.32 Å². The van der Waals surface area contributed by atoms with E-state index < -0.39 is 0 Å². The van der Waals surface area contributed by atoms with E-state index in [4.69, 9.17) is 11.5 Å². The molecule has 1 aromatic carbocycles.